The number of nitrogens with zero attached hydrogens (tertiary/aromatic N) is 1. The van der Waals surface area contributed by atoms with Gasteiger partial charge in [0.05, 0.1) is 0 Å². The molecule has 1 heterocycles. The summed E-state index contributed by atoms with van der Waals surface area (Å²) in [7, 11) is -5.85. The molecule has 104 valence electrons. The van der Waals surface area contributed by atoms with Crippen LogP contribution in [0.15, 0.2) is 12.2 Å². The van der Waals surface area contributed by atoms with Crippen molar-refractivity contribution in [2.75, 3.05) is 0 Å². The van der Waals surface area contributed by atoms with Gasteiger partial charge in [0, 0.05) is 23.0 Å². The first-order chi connectivity index (χ1) is 8.66. The number of alkyl halides is 3. The molecule has 0 amide bonds. The van der Waals surface area contributed by atoms with Crippen LogP contribution in [0, 0.1) is 0 Å². The molecule has 2 aliphatic carbocycles. The molecule has 3 rings (SSSR count). The minimum absolute atomic E-state index is 0.0674. The van der Waals surface area contributed by atoms with Gasteiger partial charge < -0.3 is 10.2 Å². The maximum atomic E-state index is 12.5. The van der Waals surface area contributed by atoms with E-state index in [4.69, 9.17) is 0 Å². The van der Waals surface area contributed by atoms with Crippen LogP contribution in [0.5, 0.6) is 11.8 Å². The van der Waals surface area contributed by atoms with Gasteiger partial charge in [-0.15, -0.1) is 0 Å². The highest BCUT2D eigenvalue weighted by atomic mass is 32.2. The first-order valence-electron chi connectivity index (χ1n) is 5.33. The van der Waals surface area contributed by atoms with E-state index in [9.17, 15) is 31.8 Å². The zero-order valence-electron chi connectivity index (χ0n) is 9.22. The largest absolute Gasteiger partial charge is 0.517 e. The molecular weight excluding hydrogens is 287 g/mol. The molecule has 2 aliphatic rings. The molecule has 0 spiro atoms. The number of aromatic hydroxyl groups is 2. The van der Waals surface area contributed by atoms with E-state index >= 15 is 0 Å². The molecule has 0 aromatic carbocycles. The van der Waals surface area contributed by atoms with Gasteiger partial charge in [-0.1, -0.05) is 12.2 Å². The summed E-state index contributed by atoms with van der Waals surface area (Å²) < 4.78 is 59.8. The van der Waals surface area contributed by atoms with Crippen LogP contribution in [0.1, 0.15) is 29.4 Å². The van der Waals surface area contributed by atoms with Crippen LogP contribution in [-0.4, -0.2) is 28.1 Å². The lowest BCUT2D eigenvalue weighted by molar-refractivity contribution is -0.0449. The highest BCUT2D eigenvalue weighted by molar-refractivity contribution is 7.90. The number of fused-ring (bicyclic) bond motifs is 5. The molecule has 2 unspecified atom stereocenters. The quantitative estimate of drug-likeness (QED) is 0.773. The number of aromatic nitrogens is 1. The number of halogens is 3. The lowest BCUT2D eigenvalue weighted by Crippen LogP contribution is -2.29. The van der Waals surface area contributed by atoms with Gasteiger partial charge in [-0.05, 0) is 6.42 Å². The van der Waals surface area contributed by atoms with Crippen LogP contribution in [0.25, 0.3) is 0 Å². The summed E-state index contributed by atoms with van der Waals surface area (Å²) in [4.78, 5) is 0. The maximum Gasteiger partial charge on any atom is 0.517 e. The number of rotatable bonds is 1. The van der Waals surface area contributed by atoms with Crippen LogP contribution in [0.3, 0.4) is 0 Å². The lowest BCUT2D eigenvalue weighted by Gasteiger charge is -2.12. The Morgan fingerprint density at radius 3 is 1.89 bits per heavy atom. The van der Waals surface area contributed by atoms with Crippen LogP contribution in [-0.2, 0) is 10.0 Å². The molecule has 1 aromatic heterocycles. The fourth-order valence-corrected chi connectivity index (χ4v) is 3.61. The van der Waals surface area contributed by atoms with Gasteiger partial charge in [-0.3, -0.25) is 0 Å². The predicted octanol–water partition coefficient (Wildman–Crippen LogP) is 1.74. The van der Waals surface area contributed by atoms with Gasteiger partial charge in [-0.2, -0.15) is 25.6 Å². The third-order valence-corrected chi connectivity index (χ3v) is 4.93. The number of hydrogen-bond acceptors (Lipinski definition) is 4. The van der Waals surface area contributed by atoms with Gasteiger partial charge in [0.2, 0.25) is 11.8 Å². The Morgan fingerprint density at radius 1 is 1.11 bits per heavy atom. The molecule has 2 N–H and O–H groups in total. The molecule has 0 fully saturated rings. The highest BCUT2D eigenvalue weighted by Gasteiger charge is 2.52. The van der Waals surface area contributed by atoms with Gasteiger partial charge in [0.25, 0.3) is 0 Å². The topological polar surface area (TPSA) is 79.5 Å². The smallest absolute Gasteiger partial charge is 0.493 e. The van der Waals surface area contributed by atoms with Crippen molar-refractivity contribution in [2.24, 2.45) is 0 Å². The number of allylic oxidation sites excluding steroid dienone is 2. The summed E-state index contributed by atoms with van der Waals surface area (Å²) in [6, 6.07) is 0. The Morgan fingerprint density at radius 2 is 1.53 bits per heavy atom. The molecule has 2 atom stereocenters. The Labute approximate surface area is 105 Å². The molecule has 0 saturated carbocycles. The van der Waals surface area contributed by atoms with Crippen molar-refractivity contribution in [1.29, 1.82) is 0 Å². The fourth-order valence-electron chi connectivity index (χ4n) is 2.75. The molecule has 0 radical (unpaired) electrons. The third kappa shape index (κ3) is 1.33. The van der Waals surface area contributed by atoms with Crippen molar-refractivity contribution >= 4 is 10.0 Å². The van der Waals surface area contributed by atoms with Gasteiger partial charge in [0.1, 0.15) is 0 Å². The summed E-state index contributed by atoms with van der Waals surface area (Å²) in [5.74, 6) is -2.81. The average molecular weight is 295 g/mol. The van der Waals surface area contributed by atoms with Crippen molar-refractivity contribution in [1.82, 2.24) is 3.97 Å². The van der Waals surface area contributed by atoms with E-state index in [1.165, 1.54) is 0 Å². The SMILES string of the molecule is O=S(=O)(n1c(O)c2c(c1O)C1C=CC2C1)C(F)(F)F. The first kappa shape index (κ1) is 12.4. The van der Waals surface area contributed by atoms with E-state index in [0.29, 0.717) is 6.42 Å². The second-order valence-electron chi connectivity index (χ2n) is 4.52. The van der Waals surface area contributed by atoms with E-state index < -0.39 is 31.3 Å². The first-order valence-corrected chi connectivity index (χ1v) is 6.77. The second kappa shape index (κ2) is 3.27. The van der Waals surface area contributed by atoms with E-state index in [0.717, 1.165) is 0 Å². The van der Waals surface area contributed by atoms with Crippen LogP contribution in [0.2, 0.25) is 0 Å². The van der Waals surface area contributed by atoms with Crippen molar-refractivity contribution in [2.45, 2.75) is 23.8 Å². The summed E-state index contributed by atoms with van der Waals surface area (Å²) in [5.41, 5.74) is -5.46. The molecular formula is C10H8F3NO4S. The second-order valence-corrected chi connectivity index (χ2v) is 6.30. The molecule has 9 heteroatoms. The normalized spacial score (nSPS) is 25.0. The Balaban J connectivity index is 2.28. The van der Waals surface area contributed by atoms with Gasteiger partial charge >= 0.3 is 15.5 Å². The zero-order valence-corrected chi connectivity index (χ0v) is 10.0. The minimum Gasteiger partial charge on any atom is -0.493 e. The standard InChI is InChI=1S/C10H8F3NO4S/c11-10(12,13)19(17,18)14-8(15)6-4-1-2-5(3-4)7(6)9(14)16/h1-2,4-5,15-16H,3H2. The summed E-state index contributed by atoms with van der Waals surface area (Å²) >= 11 is 0. The molecule has 0 saturated heterocycles. The average Bonchev–Trinajstić information content (AvgIpc) is 2.90. The third-order valence-electron chi connectivity index (χ3n) is 3.51. The Kier molecular flexibility index (Phi) is 2.13. The van der Waals surface area contributed by atoms with Crippen molar-refractivity contribution in [3.63, 3.8) is 0 Å². The molecule has 5 nitrogen and oxygen atoms in total. The molecule has 19 heavy (non-hydrogen) atoms. The minimum atomic E-state index is -5.85. The van der Waals surface area contributed by atoms with Crippen LogP contribution < -0.4 is 0 Å². The maximum absolute atomic E-state index is 12.5. The summed E-state index contributed by atoms with van der Waals surface area (Å²) in [5, 5.41) is 19.5. The van der Waals surface area contributed by atoms with Crippen molar-refractivity contribution < 1.29 is 31.8 Å². The summed E-state index contributed by atoms with van der Waals surface area (Å²) in [6.07, 6.45) is 3.88. The zero-order chi connectivity index (χ0) is 14.2. The lowest BCUT2D eigenvalue weighted by atomic mass is 10.0. The Bertz CT molecular complexity index is 666. The van der Waals surface area contributed by atoms with Crippen LogP contribution in [0.4, 0.5) is 13.2 Å². The van der Waals surface area contributed by atoms with E-state index in [1.807, 2.05) is 0 Å². The fraction of sp³-hybridized carbons (Fsp3) is 0.400. The van der Waals surface area contributed by atoms with Crippen LogP contribution >= 0.6 is 0 Å². The van der Waals surface area contributed by atoms with E-state index in [1.54, 1.807) is 12.2 Å². The van der Waals surface area contributed by atoms with Gasteiger partial charge in [0.15, 0.2) is 0 Å². The van der Waals surface area contributed by atoms with Gasteiger partial charge in [-0.25, -0.2) is 0 Å². The Hall–Kier alpha value is -1.64. The molecule has 0 aliphatic heterocycles. The molecule has 2 bridgehead atoms. The van der Waals surface area contributed by atoms with E-state index in [2.05, 4.69) is 0 Å². The molecule has 1 aromatic rings. The van der Waals surface area contributed by atoms with E-state index in [-0.39, 0.29) is 23.0 Å². The monoisotopic (exact) mass is 295 g/mol. The van der Waals surface area contributed by atoms with Crippen molar-refractivity contribution in [3.05, 3.63) is 23.3 Å². The van der Waals surface area contributed by atoms with Crippen molar-refractivity contribution in [3.8, 4) is 11.8 Å². The number of hydrogen-bond donors (Lipinski definition) is 2. The highest BCUT2D eigenvalue weighted by Crippen LogP contribution is 2.57. The predicted molar refractivity (Wildman–Crippen MR) is 57.4 cm³/mol. The summed E-state index contributed by atoms with van der Waals surface area (Å²) in [6.45, 7) is 0.